The summed E-state index contributed by atoms with van der Waals surface area (Å²) in [5, 5.41) is 0. The summed E-state index contributed by atoms with van der Waals surface area (Å²) in [5.41, 5.74) is 0. The van der Waals surface area contributed by atoms with Gasteiger partial charge in [0.1, 0.15) is 0 Å². The van der Waals surface area contributed by atoms with Crippen LogP contribution in [0.25, 0.3) is 0 Å². The van der Waals surface area contributed by atoms with Crippen LogP contribution < -0.4 is 0 Å². The first-order valence-electron chi connectivity index (χ1n) is 5.18. The van der Waals surface area contributed by atoms with E-state index in [2.05, 4.69) is 67.8 Å². The van der Waals surface area contributed by atoms with Gasteiger partial charge in [0.05, 0.1) is 8.22 Å². The van der Waals surface area contributed by atoms with Gasteiger partial charge in [0.2, 0.25) is 0 Å². The normalized spacial score (nSPS) is 38.9. The van der Waals surface area contributed by atoms with Crippen molar-refractivity contribution in [1.82, 2.24) is 13.3 Å². The van der Waals surface area contributed by atoms with Gasteiger partial charge in [-0.3, -0.25) is 0 Å². The van der Waals surface area contributed by atoms with Crippen LogP contribution >= 0.6 is 31.9 Å². The van der Waals surface area contributed by atoms with E-state index in [-0.39, 0.29) is 24.7 Å². The third-order valence-electron chi connectivity index (χ3n) is 3.15. The summed E-state index contributed by atoms with van der Waals surface area (Å²) in [6.45, 7) is 11.6. The molecule has 1 aliphatic heterocycles. The molecule has 0 spiro atoms. The van der Waals surface area contributed by atoms with Crippen LogP contribution in [0.5, 0.6) is 0 Å². The van der Waals surface area contributed by atoms with Gasteiger partial charge in [-0.15, -0.1) is 0 Å². The van der Waals surface area contributed by atoms with Crippen molar-refractivity contribution in [3.05, 3.63) is 0 Å². The molecule has 0 fully saturated rings. The molecule has 1 heterocycles. The zero-order valence-corrected chi connectivity index (χ0v) is 15.2. The average molecular weight is 300 g/mol. The van der Waals surface area contributed by atoms with Crippen LogP contribution in [-0.4, -0.2) is 67.8 Å². The van der Waals surface area contributed by atoms with Gasteiger partial charge in [0.15, 0.2) is 0 Å². The Morgan fingerprint density at radius 1 is 0.875 bits per heavy atom. The van der Waals surface area contributed by atoms with Crippen molar-refractivity contribution in [3.63, 3.8) is 0 Å². The van der Waals surface area contributed by atoms with Gasteiger partial charge in [-0.05, 0) is 54.5 Å². The largest absolute Gasteiger partial charge is 0.248 e. The summed E-state index contributed by atoms with van der Waals surface area (Å²) in [5.74, 6) is 0. The maximum Gasteiger partial charge on any atom is 0.0899 e. The molecular weight excluding hydrogens is 276 g/mol. The topological polar surface area (TPSA) is 22.1 Å². The second-order valence-corrected chi connectivity index (χ2v) is 15.2. The fraction of sp³-hybridized carbons (Fsp3) is 1.00. The molecule has 1 aliphatic rings. The lowest BCUT2D eigenvalue weighted by atomic mass is 11.6. The minimum atomic E-state index is -1.27. The first-order chi connectivity index (χ1) is 7.18. The van der Waals surface area contributed by atoms with Crippen molar-refractivity contribution < 1.29 is 0 Å². The second-order valence-electron chi connectivity index (χ2n) is 4.36. The predicted molar refractivity (Wildman–Crippen MR) is 83.0 cm³/mol. The molecule has 0 radical (unpaired) electrons. The van der Waals surface area contributed by atoms with Gasteiger partial charge in [0.25, 0.3) is 0 Å². The van der Waals surface area contributed by atoms with Crippen LogP contribution in [0.1, 0.15) is 0 Å². The summed E-state index contributed by atoms with van der Waals surface area (Å²) in [6.07, 6.45) is 0. The van der Waals surface area contributed by atoms with E-state index in [4.69, 9.17) is 4.52 Å². The van der Waals surface area contributed by atoms with Crippen molar-refractivity contribution in [1.29, 1.82) is 0 Å². The van der Waals surface area contributed by atoms with Crippen LogP contribution in [0.15, 0.2) is 4.52 Å². The Balaban J connectivity index is 3.17. The van der Waals surface area contributed by atoms with Crippen molar-refractivity contribution >= 4 is 31.9 Å². The standard InChI is InChI=1S/C8H24N4P4/c1-10-13(4)9-16(7,8)12(3)15(6)11(2)14(10)5/h1-8H3. The summed E-state index contributed by atoms with van der Waals surface area (Å²) < 4.78 is 12.7. The molecular formula is C8H24N4P4. The molecule has 0 aliphatic carbocycles. The summed E-state index contributed by atoms with van der Waals surface area (Å²) in [4.78, 5) is 0. The lowest BCUT2D eigenvalue weighted by Crippen LogP contribution is -2.23. The van der Waals surface area contributed by atoms with Crippen molar-refractivity contribution in [2.45, 2.75) is 0 Å². The van der Waals surface area contributed by atoms with E-state index in [9.17, 15) is 0 Å². The molecule has 0 saturated heterocycles. The van der Waals surface area contributed by atoms with E-state index in [1.54, 1.807) is 0 Å². The highest BCUT2D eigenvalue weighted by Crippen LogP contribution is 2.71. The van der Waals surface area contributed by atoms with Crippen LogP contribution in [0.3, 0.4) is 0 Å². The van der Waals surface area contributed by atoms with Gasteiger partial charge in [0, 0.05) is 23.7 Å². The first kappa shape index (κ1) is 15.5. The maximum absolute atomic E-state index is 5.10. The SMILES string of the molecule is CN1P(C)N=P(C)(C)N(C)P(C)N(C)P1C. The number of hydrogen-bond acceptors (Lipinski definition) is 4. The Bertz CT molecular complexity index is 304. The molecule has 0 aromatic carbocycles. The quantitative estimate of drug-likeness (QED) is 0.631. The Labute approximate surface area is 104 Å². The van der Waals surface area contributed by atoms with E-state index >= 15 is 0 Å². The molecule has 0 saturated carbocycles. The highest BCUT2D eigenvalue weighted by atomic mass is 31.3. The molecule has 4 nitrogen and oxygen atoms in total. The molecule has 0 bridgehead atoms. The predicted octanol–water partition coefficient (Wildman–Crippen LogP) is 4.00. The monoisotopic (exact) mass is 300 g/mol. The van der Waals surface area contributed by atoms with Gasteiger partial charge < -0.3 is 0 Å². The molecule has 0 aromatic rings. The van der Waals surface area contributed by atoms with Crippen LogP contribution in [0.2, 0.25) is 0 Å². The highest BCUT2D eigenvalue weighted by molar-refractivity contribution is 7.83. The van der Waals surface area contributed by atoms with E-state index in [0.717, 1.165) is 0 Å². The molecule has 0 N–H and O–H groups in total. The number of hydrogen-bond donors (Lipinski definition) is 0. The summed E-state index contributed by atoms with van der Waals surface area (Å²) in [7, 11) is 4.73. The summed E-state index contributed by atoms with van der Waals surface area (Å²) in [6, 6.07) is 0. The van der Waals surface area contributed by atoms with E-state index in [1.165, 1.54) is 0 Å². The maximum atomic E-state index is 5.10. The molecule has 3 atom stereocenters. The van der Waals surface area contributed by atoms with Gasteiger partial charge in [-0.1, -0.05) is 0 Å². The fourth-order valence-electron chi connectivity index (χ4n) is 1.50. The lowest BCUT2D eigenvalue weighted by Gasteiger charge is -2.46. The zero-order valence-electron chi connectivity index (χ0n) is 11.6. The third kappa shape index (κ3) is 3.04. The molecule has 16 heavy (non-hydrogen) atoms. The minimum Gasteiger partial charge on any atom is -0.248 e. The van der Waals surface area contributed by atoms with Crippen LogP contribution in [0.4, 0.5) is 0 Å². The Hall–Kier alpha value is 1.40. The Morgan fingerprint density at radius 3 is 1.88 bits per heavy atom. The summed E-state index contributed by atoms with van der Waals surface area (Å²) >= 11 is 0. The molecule has 0 amide bonds. The second kappa shape index (κ2) is 5.58. The van der Waals surface area contributed by atoms with Gasteiger partial charge in [-0.2, -0.15) is 0 Å². The molecule has 96 valence electrons. The van der Waals surface area contributed by atoms with E-state index in [0.29, 0.717) is 0 Å². The van der Waals surface area contributed by atoms with Crippen molar-refractivity contribution in [3.8, 4) is 0 Å². The number of nitrogens with zero attached hydrogens (tertiary/aromatic N) is 4. The fourth-order valence-corrected chi connectivity index (χ4v) is 13.7. The van der Waals surface area contributed by atoms with E-state index < -0.39 is 7.21 Å². The molecule has 1 rings (SSSR count). The first-order valence-corrected chi connectivity index (χ1v) is 12.8. The molecule has 0 aromatic heterocycles. The minimum absolute atomic E-state index is 0.198. The average Bonchev–Trinajstić information content (AvgIpc) is 2.22. The zero-order chi connectivity index (χ0) is 12.7. The van der Waals surface area contributed by atoms with Gasteiger partial charge >= 0.3 is 0 Å². The third-order valence-corrected chi connectivity index (χ3v) is 16.7. The van der Waals surface area contributed by atoms with Crippen LogP contribution in [0, 0.1) is 0 Å². The molecule has 3 unspecified atom stereocenters. The Kier molecular flexibility index (Phi) is 5.39. The van der Waals surface area contributed by atoms with Crippen molar-refractivity contribution in [2.75, 3.05) is 54.5 Å². The van der Waals surface area contributed by atoms with Gasteiger partial charge in [-0.25, -0.2) is 17.8 Å². The van der Waals surface area contributed by atoms with E-state index in [1.807, 2.05) is 0 Å². The lowest BCUT2D eigenvalue weighted by molar-refractivity contribution is 0.726. The van der Waals surface area contributed by atoms with Crippen molar-refractivity contribution in [2.24, 2.45) is 4.52 Å². The smallest absolute Gasteiger partial charge is 0.0899 e. The van der Waals surface area contributed by atoms with Crippen LogP contribution in [-0.2, 0) is 0 Å². The highest BCUT2D eigenvalue weighted by Gasteiger charge is 2.32. The Morgan fingerprint density at radius 2 is 1.38 bits per heavy atom. The molecule has 8 heteroatoms. The number of rotatable bonds is 0.